The Kier molecular flexibility index (Phi) is 2.37. The summed E-state index contributed by atoms with van der Waals surface area (Å²) in [5.74, 6) is -0.880. The van der Waals surface area contributed by atoms with E-state index in [0.717, 1.165) is 10.6 Å². The molecule has 0 fully saturated rings. The van der Waals surface area contributed by atoms with Crippen LogP contribution >= 0.6 is 10.5 Å². The van der Waals surface area contributed by atoms with Crippen LogP contribution in [0.15, 0.2) is 40.8 Å². The van der Waals surface area contributed by atoms with E-state index >= 15 is 0 Å². The number of nitrogens with one attached hydrogen (secondary N) is 1. The Balaban J connectivity index is 2.51. The van der Waals surface area contributed by atoms with Crippen molar-refractivity contribution in [2.45, 2.75) is 4.90 Å². The lowest BCUT2D eigenvalue weighted by Crippen LogP contribution is -2.00. The first-order valence-corrected chi connectivity index (χ1v) is 5.44. The Hall–Kier alpha value is -1.55. The lowest BCUT2D eigenvalue weighted by Gasteiger charge is -2.15. The topological polar surface area (TPSA) is 49.3 Å². The van der Waals surface area contributed by atoms with Crippen LogP contribution in [0.1, 0.15) is 0 Å². The second-order valence-corrected chi connectivity index (χ2v) is 4.46. The van der Waals surface area contributed by atoms with Gasteiger partial charge >= 0.3 is 5.97 Å². The Morgan fingerprint density at radius 2 is 2.21 bits per heavy atom. The number of para-hydroxylation sites is 1. The summed E-state index contributed by atoms with van der Waals surface area (Å²) in [5.41, 5.74) is 0.982. The van der Waals surface area contributed by atoms with Crippen LogP contribution in [0.2, 0.25) is 0 Å². The van der Waals surface area contributed by atoms with Gasteiger partial charge in [-0.15, -0.1) is 10.5 Å². The molecule has 4 heteroatoms. The molecule has 0 bridgehead atoms. The molecule has 2 rings (SSSR count). The Morgan fingerprint density at radius 3 is 3.00 bits per heavy atom. The molecule has 1 heterocycles. The Labute approximate surface area is 84.0 Å². The molecule has 0 spiro atoms. The van der Waals surface area contributed by atoms with Crippen molar-refractivity contribution in [3.8, 4) is 0 Å². The van der Waals surface area contributed by atoms with Gasteiger partial charge in [-0.2, -0.15) is 0 Å². The van der Waals surface area contributed by atoms with Gasteiger partial charge in [0.15, 0.2) is 0 Å². The van der Waals surface area contributed by atoms with Crippen molar-refractivity contribution in [3.63, 3.8) is 0 Å². The third kappa shape index (κ3) is 1.70. The van der Waals surface area contributed by atoms with Gasteiger partial charge in [0, 0.05) is 11.1 Å². The molecule has 0 amide bonds. The summed E-state index contributed by atoms with van der Waals surface area (Å²) in [4.78, 5) is 11.6. The molecule has 3 nitrogen and oxygen atoms in total. The molecule has 72 valence electrons. The summed E-state index contributed by atoms with van der Waals surface area (Å²) >= 11 is 0. The minimum Gasteiger partial charge on any atom is -0.478 e. The van der Waals surface area contributed by atoms with Crippen LogP contribution in [0.25, 0.3) is 0 Å². The van der Waals surface area contributed by atoms with E-state index in [9.17, 15) is 4.79 Å². The van der Waals surface area contributed by atoms with Crippen molar-refractivity contribution in [2.24, 2.45) is 0 Å². The first kappa shape index (κ1) is 9.02. The summed E-state index contributed by atoms with van der Waals surface area (Å²) in [6.07, 6.45) is 1.78. The average molecular weight is 207 g/mol. The Morgan fingerprint density at radius 1 is 1.43 bits per heavy atom. The minimum absolute atomic E-state index is 0.417. The number of hydrogen-bond donors (Lipinski definition) is 2. The predicted molar refractivity (Wildman–Crippen MR) is 58.8 cm³/mol. The van der Waals surface area contributed by atoms with Crippen LogP contribution in [-0.2, 0) is 4.79 Å². The van der Waals surface area contributed by atoms with E-state index in [-0.39, 0.29) is 0 Å². The summed E-state index contributed by atoms with van der Waals surface area (Å²) in [6, 6.07) is 7.71. The SMILES string of the molecule is O=C(O)/C=S1\C=CNc2ccccc21. The Bertz CT molecular complexity index is 438. The molecule has 0 saturated carbocycles. The lowest BCUT2D eigenvalue weighted by molar-refractivity contribution is -0.128. The number of fused-ring (bicyclic) bond motifs is 1. The molecule has 0 saturated heterocycles. The number of rotatable bonds is 1. The van der Waals surface area contributed by atoms with Crippen molar-refractivity contribution in [1.82, 2.24) is 0 Å². The van der Waals surface area contributed by atoms with Gasteiger partial charge < -0.3 is 10.4 Å². The fourth-order valence-electron chi connectivity index (χ4n) is 1.27. The van der Waals surface area contributed by atoms with Gasteiger partial charge in [-0.05, 0) is 17.5 Å². The van der Waals surface area contributed by atoms with E-state index in [1.54, 1.807) is 6.20 Å². The molecule has 0 aliphatic carbocycles. The van der Waals surface area contributed by atoms with E-state index in [1.807, 2.05) is 29.7 Å². The van der Waals surface area contributed by atoms with Crippen LogP contribution in [0.5, 0.6) is 0 Å². The third-order valence-corrected chi connectivity index (χ3v) is 3.57. The molecule has 1 atom stereocenters. The van der Waals surface area contributed by atoms with Crippen LogP contribution in [-0.4, -0.2) is 16.4 Å². The van der Waals surface area contributed by atoms with Crippen molar-refractivity contribution in [2.75, 3.05) is 5.32 Å². The van der Waals surface area contributed by atoms with E-state index in [1.165, 1.54) is 5.37 Å². The van der Waals surface area contributed by atoms with Crippen molar-refractivity contribution >= 4 is 27.5 Å². The number of anilines is 1. The average Bonchev–Trinajstić information content (AvgIpc) is 2.18. The van der Waals surface area contributed by atoms with E-state index in [0.29, 0.717) is 0 Å². The highest BCUT2D eigenvalue weighted by Gasteiger charge is 2.07. The number of hydrogen-bond acceptors (Lipinski definition) is 2. The van der Waals surface area contributed by atoms with Gasteiger partial charge in [0.1, 0.15) is 0 Å². The molecule has 2 N–H and O–H groups in total. The smallest absolute Gasteiger partial charge is 0.334 e. The predicted octanol–water partition coefficient (Wildman–Crippen LogP) is 2.10. The number of carbonyl (C=O) groups is 1. The van der Waals surface area contributed by atoms with E-state index in [4.69, 9.17) is 5.11 Å². The number of carboxylic acid groups (broad SMARTS) is 1. The lowest BCUT2D eigenvalue weighted by atomic mass is 10.3. The highest BCUT2D eigenvalue weighted by atomic mass is 32.2. The second-order valence-electron chi connectivity index (χ2n) is 2.77. The molecule has 14 heavy (non-hydrogen) atoms. The largest absolute Gasteiger partial charge is 0.478 e. The summed E-state index contributed by atoms with van der Waals surface area (Å²) in [6.45, 7) is 0. The third-order valence-electron chi connectivity index (χ3n) is 1.82. The first-order valence-electron chi connectivity index (χ1n) is 4.09. The molecule has 1 aliphatic heterocycles. The van der Waals surface area contributed by atoms with Crippen LogP contribution < -0.4 is 5.32 Å². The van der Waals surface area contributed by atoms with Crippen molar-refractivity contribution in [1.29, 1.82) is 0 Å². The monoisotopic (exact) mass is 207 g/mol. The van der Waals surface area contributed by atoms with Crippen LogP contribution in [0.3, 0.4) is 0 Å². The zero-order valence-electron chi connectivity index (χ0n) is 7.31. The second kappa shape index (κ2) is 3.67. The fraction of sp³-hybridized carbons (Fsp3) is 0. The molecule has 1 unspecified atom stereocenters. The van der Waals surface area contributed by atoms with Gasteiger partial charge in [-0.3, -0.25) is 0 Å². The minimum atomic E-state index is -0.880. The number of aliphatic carboxylic acids is 1. The summed E-state index contributed by atoms with van der Waals surface area (Å²) in [5, 5.41) is 14.9. The van der Waals surface area contributed by atoms with Crippen LogP contribution in [0, 0.1) is 0 Å². The van der Waals surface area contributed by atoms with Crippen molar-refractivity contribution in [3.05, 3.63) is 35.9 Å². The molecule has 0 radical (unpaired) electrons. The van der Waals surface area contributed by atoms with Gasteiger partial charge in [-0.25, -0.2) is 4.79 Å². The summed E-state index contributed by atoms with van der Waals surface area (Å²) in [7, 11) is -0.417. The molecular formula is C10H9NO2S. The quantitative estimate of drug-likeness (QED) is 0.693. The van der Waals surface area contributed by atoms with Gasteiger partial charge in [0.05, 0.1) is 11.1 Å². The first-order chi connectivity index (χ1) is 6.77. The molecule has 0 aromatic heterocycles. The zero-order chi connectivity index (χ0) is 9.97. The van der Waals surface area contributed by atoms with Gasteiger partial charge in [0.2, 0.25) is 0 Å². The molecular weight excluding hydrogens is 198 g/mol. The van der Waals surface area contributed by atoms with Crippen LogP contribution in [0.4, 0.5) is 5.69 Å². The zero-order valence-corrected chi connectivity index (χ0v) is 8.12. The fourth-order valence-corrected chi connectivity index (χ4v) is 2.67. The molecule has 1 aromatic carbocycles. The maximum atomic E-state index is 10.6. The van der Waals surface area contributed by atoms with E-state index < -0.39 is 16.5 Å². The van der Waals surface area contributed by atoms with Crippen molar-refractivity contribution < 1.29 is 9.90 Å². The molecule has 1 aliphatic rings. The molecule has 1 aromatic rings. The van der Waals surface area contributed by atoms with Gasteiger partial charge in [-0.1, -0.05) is 12.1 Å². The normalized spacial score (nSPS) is 18.7. The highest BCUT2D eigenvalue weighted by molar-refractivity contribution is 8.18. The van der Waals surface area contributed by atoms with E-state index in [2.05, 4.69) is 5.32 Å². The maximum absolute atomic E-state index is 10.6. The summed E-state index contributed by atoms with van der Waals surface area (Å²) < 4.78 is 0. The van der Waals surface area contributed by atoms with Gasteiger partial charge in [0.25, 0.3) is 0 Å². The number of benzene rings is 1. The standard InChI is InChI=1S/C10H9NO2S/c12-10(13)7-14-6-5-11-8-3-1-2-4-9(8)14/h1-7,11H,(H,12,13). The highest BCUT2D eigenvalue weighted by Crippen LogP contribution is 2.36. The number of carboxylic acids is 1. The maximum Gasteiger partial charge on any atom is 0.334 e.